The molecule has 0 aliphatic rings. The summed E-state index contributed by atoms with van der Waals surface area (Å²) < 4.78 is 5.47. The van der Waals surface area contributed by atoms with Crippen molar-refractivity contribution < 1.29 is 24.5 Å². The van der Waals surface area contributed by atoms with Crippen LogP contribution in [0.3, 0.4) is 0 Å². The molecule has 2 atom stereocenters. The molecule has 0 aliphatic carbocycles. The maximum atomic E-state index is 12.5. The summed E-state index contributed by atoms with van der Waals surface area (Å²) in [5.41, 5.74) is 0. The molecule has 6 nitrogen and oxygen atoms in total. The number of hydrogen-bond acceptors (Lipinski definition) is 5. The minimum Gasteiger partial charge on any atom is -0.466 e. The Labute approximate surface area is 461 Å². The molecule has 0 heterocycles. The molecule has 434 valence electrons. The van der Waals surface area contributed by atoms with Crippen molar-refractivity contribution in [1.82, 2.24) is 5.32 Å². The van der Waals surface area contributed by atoms with E-state index in [1.807, 2.05) is 6.08 Å². The zero-order chi connectivity index (χ0) is 53.6. The minimum absolute atomic E-state index is 0.0169. The predicted octanol–water partition coefficient (Wildman–Crippen LogP) is 20.9. The van der Waals surface area contributed by atoms with E-state index in [-0.39, 0.29) is 18.5 Å². The smallest absolute Gasteiger partial charge is 0.305 e. The maximum absolute atomic E-state index is 12.5. The molecule has 2 unspecified atom stereocenters. The number of allylic oxidation sites excluding steroid dienone is 7. The van der Waals surface area contributed by atoms with Crippen LogP contribution in [0.25, 0.3) is 0 Å². The van der Waals surface area contributed by atoms with Crippen LogP contribution in [0.1, 0.15) is 348 Å². The molecule has 0 saturated carbocycles. The highest BCUT2D eigenvalue weighted by molar-refractivity contribution is 5.76. The summed E-state index contributed by atoms with van der Waals surface area (Å²) in [7, 11) is 0. The van der Waals surface area contributed by atoms with Gasteiger partial charge < -0.3 is 20.3 Å². The molecule has 0 saturated heterocycles. The predicted molar refractivity (Wildman–Crippen MR) is 324 cm³/mol. The first kappa shape index (κ1) is 71.8. The third-order valence-corrected chi connectivity index (χ3v) is 15.1. The summed E-state index contributed by atoms with van der Waals surface area (Å²) in [5.74, 6) is -0.0927. The van der Waals surface area contributed by atoms with Gasteiger partial charge in [-0.2, -0.15) is 0 Å². The number of carbonyl (C=O) groups is 2. The first-order valence-electron chi connectivity index (χ1n) is 32.9. The zero-order valence-corrected chi connectivity index (χ0v) is 49.6. The Morgan fingerprint density at radius 2 is 0.676 bits per heavy atom. The molecule has 0 rings (SSSR count). The van der Waals surface area contributed by atoms with Gasteiger partial charge in [0.15, 0.2) is 0 Å². The van der Waals surface area contributed by atoms with Gasteiger partial charge in [-0.25, -0.2) is 0 Å². The molecule has 0 aliphatic heterocycles. The molecule has 6 heteroatoms. The van der Waals surface area contributed by atoms with Crippen molar-refractivity contribution in [3.05, 3.63) is 48.6 Å². The number of amides is 1. The fraction of sp³-hybridized carbons (Fsp3) is 0.853. The van der Waals surface area contributed by atoms with E-state index in [1.54, 1.807) is 6.08 Å². The Hall–Kier alpha value is -2.18. The van der Waals surface area contributed by atoms with Crippen molar-refractivity contribution in [2.75, 3.05) is 13.2 Å². The molecule has 0 aromatic rings. The molecule has 74 heavy (non-hydrogen) atoms. The molecular weight excluding hydrogens is 911 g/mol. The number of carbonyl (C=O) groups excluding carboxylic acids is 2. The molecule has 3 N–H and O–H groups in total. The summed E-state index contributed by atoms with van der Waals surface area (Å²) in [6.45, 7) is 4.88. The van der Waals surface area contributed by atoms with Crippen LogP contribution >= 0.6 is 0 Å². The summed E-state index contributed by atoms with van der Waals surface area (Å²) >= 11 is 0. The average molecular weight is 1040 g/mol. The van der Waals surface area contributed by atoms with E-state index in [0.29, 0.717) is 19.4 Å². The Morgan fingerprint density at radius 1 is 0.378 bits per heavy atom. The van der Waals surface area contributed by atoms with Gasteiger partial charge in [0.25, 0.3) is 0 Å². The monoisotopic (exact) mass is 1040 g/mol. The van der Waals surface area contributed by atoms with Crippen molar-refractivity contribution in [3.63, 3.8) is 0 Å². The Kier molecular flexibility index (Phi) is 61.5. The average Bonchev–Trinajstić information content (AvgIpc) is 3.40. The fourth-order valence-corrected chi connectivity index (χ4v) is 10.0. The highest BCUT2D eigenvalue weighted by Gasteiger charge is 2.18. The molecule has 0 aromatic carbocycles. The van der Waals surface area contributed by atoms with Crippen molar-refractivity contribution in [2.24, 2.45) is 0 Å². The van der Waals surface area contributed by atoms with E-state index >= 15 is 0 Å². The van der Waals surface area contributed by atoms with Crippen molar-refractivity contribution in [2.45, 2.75) is 360 Å². The zero-order valence-electron chi connectivity index (χ0n) is 49.6. The van der Waals surface area contributed by atoms with Crippen LogP contribution in [-0.4, -0.2) is 47.4 Å². The van der Waals surface area contributed by atoms with Gasteiger partial charge in [-0.05, 0) is 89.9 Å². The molecule has 1 amide bonds. The fourth-order valence-electron chi connectivity index (χ4n) is 10.0. The highest BCUT2D eigenvalue weighted by Crippen LogP contribution is 2.17. The summed E-state index contributed by atoms with van der Waals surface area (Å²) in [5, 5.41) is 23.2. The third-order valence-electron chi connectivity index (χ3n) is 15.1. The topological polar surface area (TPSA) is 95.9 Å². The number of rotatable bonds is 61. The maximum Gasteiger partial charge on any atom is 0.305 e. The molecule has 0 spiro atoms. The van der Waals surface area contributed by atoms with Crippen LogP contribution in [0, 0.1) is 0 Å². The second-order valence-electron chi connectivity index (χ2n) is 22.5. The summed E-state index contributed by atoms with van der Waals surface area (Å²) in [4.78, 5) is 24.6. The van der Waals surface area contributed by atoms with Crippen LogP contribution in [0.4, 0.5) is 0 Å². The lowest BCUT2D eigenvalue weighted by atomic mass is 10.0. The van der Waals surface area contributed by atoms with Gasteiger partial charge in [0, 0.05) is 12.8 Å². The van der Waals surface area contributed by atoms with Crippen molar-refractivity contribution in [3.8, 4) is 0 Å². The molecule has 0 radical (unpaired) electrons. The lowest BCUT2D eigenvalue weighted by Gasteiger charge is -2.20. The highest BCUT2D eigenvalue weighted by atomic mass is 16.5. The standard InChI is InChI=1S/C68H127NO5/c1-3-5-7-9-11-13-15-17-19-21-23-25-28-32-36-40-44-48-52-56-60-66(71)65(64-70)69-67(72)61-57-53-49-45-41-37-33-29-26-24-27-31-35-39-43-47-51-55-59-63-74-68(73)62-58-54-50-46-42-38-34-30-22-20-18-16-14-12-10-8-6-4-2/h20,22,31,35,39,43,56,60,65-66,70-71H,3-19,21,23-30,32-34,36-38,40-42,44-55,57-59,61-64H2,1-2H3,(H,69,72)/b22-20-,35-31-,43-39-,60-56+. The Bertz CT molecular complexity index is 1240. The minimum atomic E-state index is -0.853. The first-order chi connectivity index (χ1) is 36.5. The van der Waals surface area contributed by atoms with Crippen LogP contribution in [0.5, 0.6) is 0 Å². The molecule has 0 bridgehead atoms. The van der Waals surface area contributed by atoms with Crippen molar-refractivity contribution >= 4 is 11.9 Å². The van der Waals surface area contributed by atoms with E-state index in [0.717, 1.165) is 77.0 Å². The third kappa shape index (κ3) is 59.1. The molecule has 0 fully saturated rings. The number of unbranched alkanes of at least 4 members (excludes halogenated alkanes) is 45. The van der Waals surface area contributed by atoms with Crippen molar-refractivity contribution in [1.29, 1.82) is 0 Å². The SMILES string of the molecule is CCCCCCCCC/C=C\CCCCCCCCCC(=O)OCCCCC/C=C\C=C/CCCCCCCCCCCCC(=O)NC(CO)C(O)/C=C/CCCCCCCCCCCCCCCCCCCC. The van der Waals surface area contributed by atoms with Gasteiger partial charge in [-0.15, -0.1) is 0 Å². The van der Waals surface area contributed by atoms with Gasteiger partial charge in [-0.1, -0.05) is 294 Å². The summed E-state index contributed by atoms with van der Waals surface area (Å²) in [6, 6.07) is -0.637. The molecular formula is C68H127NO5. The second-order valence-corrected chi connectivity index (χ2v) is 22.5. The first-order valence-corrected chi connectivity index (χ1v) is 32.9. The Morgan fingerprint density at radius 3 is 1.04 bits per heavy atom. The number of aliphatic hydroxyl groups is 2. The van der Waals surface area contributed by atoms with Crippen LogP contribution in [0.2, 0.25) is 0 Å². The van der Waals surface area contributed by atoms with Crippen LogP contribution in [0.15, 0.2) is 48.6 Å². The molecule has 0 aromatic heterocycles. The van der Waals surface area contributed by atoms with E-state index in [1.165, 1.54) is 244 Å². The van der Waals surface area contributed by atoms with Gasteiger partial charge >= 0.3 is 5.97 Å². The van der Waals surface area contributed by atoms with E-state index < -0.39 is 12.1 Å². The summed E-state index contributed by atoms with van der Waals surface area (Å²) in [6.07, 6.45) is 81.6. The van der Waals surface area contributed by atoms with Gasteiger partial charge in [0.05, 0.1) is 25.4 Å². The lowest BCUT2D eigenvalue weighted by molar-refractivity contribution is -0.143. The second kappa shape index (κ2) is 63.4. The van der Waals surface area contributed by atoms with Gasteiger partial charge in [-0.3, -0.25) is 9.59 Å². The van der Waals surface area contributed by atoms with E-state index in [4.69, 9.17) is 4.74 Å². The van der Waals surface area contributed by atoms with E-state index in [9.17, 15) is 19.8 Å². The number of esters is 1. The quantitative estimate of drug-likeness (QED) is 0.0244. The van der Waals surface area contributed by atoms with Gasteiger partial charge in [0.1, 0.15) is 0 Å². The number of nitrogens with one attached hydrogen (secondary N) is 1. The Balaban J connectivity index is 3.50. The van der Waals surface area contributed by atoms with Gasteiger partial charge in [0.2, 0.25) is 5.91 Å². The number of hydrogen-bond donors (Lipinski definition) is 3. The van der Waals surface area contributed by atoms with E-state index in [2.05, 4.69) is 55.6 Å². The largest absolute Gasteiger partial charge is 0.466 e. The van der Waals surface area contributed by atoms with Crippen LogP contribution < -0.4 is 5.32 Å². The number of aliphatic hydroxyl groups excluding tert-OH is 2. The lowest BCUT2D eigenvalue weighted by Crippen LogP contribution is -2.45. The number of ether oxygens (including phenoxy) is 1. The normalized spacial score (nSPS) is 12.9. The van der Waals surface area contributed by atoms with Crippen LogP contribution in [-0.2, 0) is 14.3 Å².